The number of alkyl halides is 2. The first-order valence-corrected chi connectivity index (χ1v) is 8.19. The molecular weight excluding hydrogens is 344 g/mol. The number of fused-ring (bicyclic) bond motifs is 3. The van der Waals surface area contributed by atoms with E-state index in [1.165, 1.54) is 18.2 Å². The molecule has 1 nitrogen and oxygen atoms in total. The van der Waals surface area contributed by atoms with Crippen molar-refractivity contribution in [2.45, 2.75) is 19.5 Å². The van der Waals surface area contributed by atoms with Crippen LogP contribution in [0.5, 0.6) is 5.75 Å². The summed E-state index contributed by atoms with van der Waals surface area (Å²) in [5.41, 5.74) is 2.40. The molecule has 0 aliphatic carbocycles. The van der Waals surface area contributed by atoms with Crippen molar-refractivity contribution < 1.29 is 22.3 Å². The van der Waals surface area contributed by atoms with Crippen LogP contribution in [0.3, 0.4) is 0 Å². The molecule has 0 aromatic heterocycles. The summed E-state index contributed by atoms with van der Waals surface area (Å²) in [6.07, 6.45) is -2.87. The van der Waals surface area contributed by atoms with E-state index in [0.29, 0.717) is 5.56 Å². The van der Waals surface area contributed by atoms with Crippen molar-refractivity contribution in [2.24, 2.45) is 0 Å². The predicted octanol–water partition coefficient (Wildman–Crippen LogP) is 6.30. The minimum Gasteiger partial charge on any atom is -0.425 e. The molecule has 4 rings (SSSR count). The average molecular weight is 358 g/mol. The second-order valence-corrected chi connectivity index (χ2v) is 6.17. The number of benzene rings is 3. The maximum Gasteiger partial charge on any atom is 0.427 e. The summed E-state index contributed by atoms with van der Waals surface area (Å²) in [6.45, 7) is 2.03. The minimum absolute atomic E-state index is 0.109. The van der Waals surface area contributed by atoms with Gasteiger partial charge >= 0.3 is 6.11 Å². The van der Waals surface area contributed by atoms with Crippen LogP contribution in [-0.4, -0.2) is 0 Å². The molecule has 132 valence electrons. The third-order valence-corrected chi connectivity index (χ3v) is 4.60. The van der Waals surface area contributed by atoms with E-state index in [1.54, 1.807) is 6.07 Å². The van der Waals surface area contributed by atoms with Crippen molar-refractivity contribution in [3.63, 3.8) is 0 Å². The molecule has 26 heavy (non-hydrogen) atoms. The van der Waals surface area contributed by atoms with Crippen molar-refractivity contribution in [1.82, 2.24) is 0 Å². The highest BCUT2D eigenvalue weighted by molar-refractivity contribution is 5.79. The molecule has 1 heterocycles. The number of hydrogen-bond donors (Lipinski definition) is 0. The molecule has 0 saturated carbocycles. The van der Waals surface area contributed by atoms with Crippen LogP contribution in [0.2, 0.25) is 0 Å². The van der Waals surface area contributed by atoms with Crippen LogP contribution in [0.25, 0.3) is 22.3 Å². The first-order chi connectivity index (χ1) is 12.4. The summed E-state index contributed by atoms with van der Waals surface area (Å²) in [5, 5.41) is 0. The van der Waals surface area contributed by atoms with Gasteiger partial charge in [-0.25, -0.2) is 4.39 Å². The van der Waals surface area contributed by atoms with Gasteiger partial charge in [-0.1, -0.05) is 43.3 Å². The number of rotatable bonds is 2. The number of aryl methyl sites for hydroxylation is 1. The Morgan fingerprint density at radius 2 is 1.50 bits per heavy atom. The highest BCUT2D eigenvalue weighted by Crippen LogP contribution is 2.49. The molecule has 0 spiro atoms. The van der Waals surface area contributed by atoms with Gasteiger partial charge in [-0.05, 0) is 46.9 Å². The summed E-state index contributed by atoms with van der Waals surface area (Å²) in [4.78, 5) is 0. The van der Waals surface area contributed by atoms with E-state index in [-0.39, 0.29) is 16.7 Å². The Labute approximate surface area is 147 Å². The Hall–Kier alpha value is -2.82. The molecule has 1 aliphatic rings. The van der Waals surface area contributed by atoms with E-state index in [9.17, 15) is 17.6 Å². The number of ether oxygens (including phenoxy) is 1. The van der Waals surface area contributed by atoms with Crippen LogP contribution in [-0.2, 0) is 12.5 Å². The van der Waals surface area contributed by atoms with Gasteiger partial charge in [0.25, 0.3) is 0 Å². The highest BCUT2D eigenvalue weighted by atomic mass is 19.3. The topological polar surface area (TPSA) is 9.23 Å². The van der Waals surface area contributed by atoms with Gasteiger partial charge in [0, 0.05) is 5.56 Å². The summed E-state index contributed by atoms with van der Waals surface area (Å²) >= 11 is 0. The van der Waals surface area contributed by atoms with Gasteiger partial charge in [-0.3, -0.25) is 0 Å². The van der Waals surface area contributed by atoms with E-state index in [4.69, 9.17) is 0 Å². The molecule has 0 bridgehead atoms. The SMILES string of the molecule is CCc1ccc(-c2ccc3c(c2)C(F)(F)Oc2c-3ccc(F)c2F)cc1. The Balaban J connectivity index is 1.87. The quantitative estimate of drug-likeness (QED) is 0.488. The lowest BCUT2D eigenvalue weighted by Crippen LogP contribution is -2.27. The zero-order valence-electron chi connectivity index (χ0n) is 13.8. The monoisotopic (exact) mass is 358 g/mol. The zero-order chi connectivity index (χ0) is 18.5. The smallest absolute Gasteiger partial charge is 0.425 e. The lowest BCUT2D eigenvalue weighted by atomic mass is 9.91. The molecule has 0 fully saturated rings. The van der Waals surface area contributed by atoms with Gasteiger partial charge < -0.3 is 4.74 Å². The fourth-order valence-corrected chi connectivity index (χ4v) is 3.16. The molecule has 0 radical (unpaired) electrons. The molecule has 0 amide bonds. The van der Waals surface area contributed by atoms with Crippen LogP contribution in [0.4, 0.5) is 17.6 Å². The molecule has 0 N–H and O–H groups in total. The first-order valence-electron chi connectivity index (χ1n) is 8.19. The van der Waals surface area contributed by atoms with Crippen molar-refractivity contribution in [3.05, 3.63) is 77.4 Å². The number of halogens is 4. The fraction of sp³-hybridized carbons (Fsp3) is 0.143. The third-order valence-electron chi connectivity index (χ3n) is 4.60. The van der Waals surface area contributed by atoms with Crippen LogP contribution < -0.4 is 4.74 Å². The van der Waals surface area contributed by atoms with Crippen molar-refractivity contribution in [1.29, 1.82) is 0 Å². The van der Waals surface area contributed by atoms with E-state index in [2.05, 4.69) is 4.74 Å². The molecule has 0 saturated heterocycles. The van der Waals surface area contributed by atoms with Crippen LogP contribution >= 0.6 is 0 Å². The molecule has 0 atom stereocenters. The third kappa shape index (κ3) is 2.55. The molecule has 3 aromatic carbocycles. The average Bonchev–Trinajstić information content (AvgIpc) is 2.65. The Bertz CT molecular complexity index is 994. The van der Waals surface area contributed by atoms with E-state index < -0.39 is 23.5 Å². The molecule has 3 aromatic rings. The lowest BCUT2D eigenvalue weighted by molar-refractivity contribution is -0.188. The first kappa shape index (κ1) is 16.6. The van der Waals surface area contributed by atoms with Gasteiger partial charge in [0.2, 0.25) is 5.82 Å². The summed E-state index contributed by atoms with van der Waals surface area (Å²) < 4.78 is 60.8. The molecule has 1 aliphatic heterocycles. The summed E-state index contributed by atoms with van der Waals surface area (Å²) in [7, 11) is 0. The van der Waals surface area contributed by atoms with E-state index >= 15 is 0 Å². The molecule has 5 heteroatoms. The van der Waals surface area contributed by atoms with Crippen molar-refractivity contribution in [2.75, 3.05) is 0 Å². The van der Waals surface area contributed by atoms with Gasteiger partial charge in [0.15, 0.2) is 11.6 Å². The van der Waals surface area contributed by atoms with Gasteiger partial charge in [-0.2, -0.15) is 13.2 Å². The van der Waals surface area contributed by atoms with E-state index in [0.717, 1.165) is 23.6 Å². The summed E-state index contributed by atoms with van der Waals surface area (Å²) in [6, 6.07) is 14.3. The predicted molar refractivity (Wildman–Crippen MR) is 91.1 cm³/mol. The van der Waals surface area contributed by atoms with E-state index in [1.807, 2.05) is 31.2 Å². The maximum atomic E-state index is 14.5. The summed E-state index contributed by atoms with van der Waals surface area (Å²) in [5.74, 6) is -3.40. The second kappa shape index (κ2) is 5.87. The van der Waals surface area contributed by atoms with Gasteiger partial charge in [-0.15, -0.1) is 0 Å². The Kier molecular flexibility index (Phi) is 3.75. The van der Waals surface area contributed by atoms with Crippen LogP contribution in [0.1, 0.15) is 18.1 Å². The highest BCUT2D eigenvalue weighted by Gasteiger charge is 2.43. The standard InChI is InChI=1S/C21H14F4O/c1-2-12-3-5-13(6-4-12)14-7-8-15-16-9-10-18(22)19(23)20(16)26-21(24,25)17(15)11-14/h3-11H,2H2,1H3. The maximum absolute atomic E-state index is 14.5. The number of hydrogen-bond acceptors (Lipinski definition) is 1. The Morgan fingerprint density at radius 1 is 0.846 bits per heavy atom. The zero-order valence-corrected chi connectivity index (χ0v) is 13.8. The minimum atomic E-state index is -3.75. The van der Waals surface area contributed by atoms with Gasteiger partial charge in [0.1, 0.15) is 0 Å². The normalized spacial score (nSPS) is 14.3. The second-order valence-electron chi connectivity index (χ2n) is 6.17. The van der Waals surface area contributed by atoms with Crippen LogP contribution in [0.15, 0.2) is 54.6 Å². The largest absolute Gasteiger partial charge is 0.427 e. The molecular formula is C21H14F4O. The fourth-order valence-electron chi connectivity index (χ4n) is 3.16. The molecule has 0 unspecified atom stereocenters. The van der Waals surface area contributed by atoms with Gasteiger partial charge in [0.05, 0.1) is 5.56 Å². The van der Waals surface area contributed by atoms with Crippen molar-refractivity contribution >= 4 is 0 Å². The van der Waals surface area contributed by atoms with Crippen molar-refractivity contribution in [3.8, 4) is 28.0 Å². The Morgan fingerprint density at radius 3 is 2.19 bits per heavy atom. The van der Waals surface area contributed by atoms with Crippen LogP contribution in [0, 0.1) is 11.6 Å². The lowest BCUT2D eigenvalue weighted by Gasteiger charge is -2.28.